The third kappa shape index (κ3) is 2.30. The predicted molar refractivity (Wildman–Crippen MR) is 61.1 cm³/mol. The average Bonchev–Trinajstić information content (AvgIpc) is 2.32. The van der Waals surface area contributed by atoms with E-state index in [-0.39, 0.29) is 5.75 Å². The van der Waals surface area contributed by atoms with Crippen molar-refractivity contribution in [1.29, 1.82) is 0 Å². The van der Waals surface area contributed by atoms with Gasteiger partial charge in [0.15, 0.2) is 0 Å². The van der Waals surface area contributed by atoms with E-state index in [1.807, 2.05) is 0 Å². The number of aromatic nitrogens is 1. The summed E-state index contributed by atoms with van der Waals surface area (Å²) < 4.78 is 37.8. The molecule has 0 aliphatic heterocycles. The van der Waals surface area contributed by atoms with Gasteiger partial charge in [-0.15, -0.1) is 0 Å². The van der Waals surface area contributed by atoms with Crippen molar-refractivity contribution < 1.29 is 18.3 Å². The number of alkyl halides is 3. The first-order valence-corrected chi connectivity index (χ1v) is 5.22. The first kappa shape index (κ1) is 12.4. The molecule has 0 spiro atoms. The van der Waals surface area contributed by atoms with E-state index in [0.29, 0.717) is 16.8 Å². The molecule has 1 aromatic carbocycles. The number of aryl methyl sites for hydroxylation is 1. The Balaban J connectivity index is 2.55. The van der Waals surface area contributed by atoms with Gasteiger partial charge in [0.2, 0.25) is 0 Å². The second-order valence-corrected chi connectivity index (χ2v) is 3.87. The molecule has 0 radical (unpaired) electrons. The van der Waals surface area contributed by atoms with Gasteiger partial charge in [-0.05, 0) is 30.7 Å². The molecule has 1 heterocycles. The van der Waals surface area contributed by atoms with Crippen molar-refractivity contribution in [2.45, 2.75) is 13.1 Å². The van der Waals surface area contributed by atoms with Crippen molar-refractivity contribution in [1.82, 2.24) is 4.98 Å². The first-order chi connectivity index (χ1) is 8.39. The van der Waals surface area contributed by atoms with E-state index in [1.54, 1.807) is 6.92 Å². The zero-order chi connectivity index (χ0) is 13.3. The molecule has 0 saturated heterocycles. The van der Waals surface area contributed by atoms with E-state index in [0.717, 1.165) is 12.1 Å². The minimum Gasteiger partial charge on any atom is -0.505 e. The highest BCUT2D eigenvalue weighted by atomic mass is 19.4. The lowest BCUT2D eigenvalue weighted by atomic mass is 10.0. The zero-order valence-corrected chi connectivity index (χ0v) is 9.49. The fraction of sp³-hybridized carbons (Fsp3) is 0.154. The summed E-state index contributed by atoms with van der Waals surface area (Å²) >= 11 is 0. The summed E-state index contributed by atoms with van der Waals surface area (Å²) in [6, 6.07) is 6.32. The van der Waals surface area contributed by atoms with Crippen LogP contribution in [-0.2, 0) is 6.18 Å². The van der Waals surface area contributed by atoms with Crippen LogP contribution in [0.1, 0.15) is 11.3 Å². The van der Waals surface area contributed by atoms with Crippen LogP contribution in [0.2, 0.25) is 0 Å². The van der Waals surface area contributed by atoms with Crippen molar-refractivity contribution in [2.75, 3.05) is 0 Å². The van der Waals surface area contributed by atoms with Crippen LogP contribution >= 0.6 is 0 Å². The standard InChI is InChI=1S/C13H10F3NO/c1-8-12(18)11(5-6-17-8)9-3-2-4-10(7-9)13(14,15)16/h2-7,18H,1H3. The van der Waals surface area contributed by atoms with Gasteiger partial charge in [-0.3, -0.25) is 4.98 Å². The van der Waals surface area contributed by atoms with Gasteiger partial charge in [0, 0.05) is 11.8 Å². The minimum absolute atomic E-state index is 0.100. The molecule has 2 rings (SSSR count). The van der Waals surface area contributed by atoms with Crippen molar-refractivity contribution in [2.24, 2.45) is 0 Å². The highest BCUT2D eigenvalue weighted by Crippen LogP contribution is 2.35. The molecule has 1 aromatic heterocycles. The van der Waals surface area contributed by atoms with Crippen molar-refractivity contribution in [3.8, 4) is 16.9 Å². The number of hydrogen-bond donors (Lipinski definition) is 1. The monoisotopic (exact) mass is 253 g/mol. The van der Waals surface area contributed by atoms with Crippen LogP contribution in [0.3, 0.4) is 0 Å². The summed E-state index contributed by atoms with van der Waals surface area (Å²) in [5, 5.41) is 9.80. The molecule has 2 nitrogen and oxygen atoms in total. The lowest BCUT2D eigenvalue weighted by Gasteiger charge is -2.10. The molecule has 0 bridgehead atoms. The Bertz CT molecular complexity index is 579. The fourth-order valence-corrected chi connectivity index (χ4v) is 1.65. The Labute approximate surface area is 102 Å². The van der Waals surface area contributed by atoms with Crippen LogP contribution in [0, 0.1) is 6.92 Å². The molecule has 1 N–H and O–H groups in total. The van der Waals surface area contributed by atoms with Crippen LogP contribution < -0.4 is 0 Å². The second-order valence-electron chi connectivity index (χ2n) is 3.87. The Hall–Kier alpha value is -2.04. The van der Waals surface area contributed by atoms with Crippen molar-refractivity contribution >= 4 is 0 Å². The van der Waals surface area contributed by atoms with E-state index >= 15 is 0 Å². The van der Waals surface area contributed by atoms with Gasteiger partial charge >= 0.3 is 6.18 Å². The van der Waals surface area contributed by atoms with Crippen LogP contribution in [-0.4, -0.2) is 10.1 Å². The number of benzene rings is 1. The maximum absolute atomic E-state index is 12.6. The van der Waals surface area contributed by atoms with Gasteiger partial charge in [0.25, 0.3) is 0 Å². The smallest absolute Gasteiger partial charge is 0.416 e. The number of pyridine rings is 1. The van der Waals surface area contributed by atoms with Gasteiger partial charge in [-0.2, -0.15) is 13.2 Å². The molecule has 94 valence electrons. The van der Waals surface area contributed by atoms with Gasteiger partial charge in [0.1, 0.15) is 5.75 Å². The van der Waals surface area contributed by atoms with E-state index in [2.05, 4.69) is 4.98 Å². The molecule has 0 unspecified atom stereocenters. The Morgan fingerprint density at radius 1 is 1.17 bits per heavy atom. The summed E-state index contributed by atoms with van der Waals surface area (Å²) in [7, 11) is 0. The lowest BCUT2D eigenvalue weighted by molar-refractivity contribution is -0.137. The van der Waals surface area contributed by atoms with Gasteiger partial charge in [-0.1, -0.05) is 12.1 Å². The molecule has 0 atom stereocenters. The third-order valence-electron chi connectivity index (χ3n) is 2.61. The van der Waals surface area contributed by atoms with Crippen molar-refractivity contribution in [3.05, 3.63) is 47.8 Å². The summed E-state index contributed by atoms with van der Waals surface area (Å²) in [5.41, 5.74) is 0.292. The zero-order valence-electron chi connectivity index (χ0n) is 9.49. The molecule has 5 heteroatoms. The lowest BCUT2D eigenvalue weighted by Crippen LogP contribution is -2.04. The molecule has 2 aromatic rings. The molecular formula is C13H10F3NO. The normalized spacial score (nSPS) is 11.6. The number of nitrogens with zero attached hydrogens (tertiary/aromatic N) is 1. The minimum atomic E-state index is -4.40. The van der Waals surface area contributed by atoms with E-state index in [1.165, 1.54) is 24.4 Å². The SMILES string of the molecule is Cc1nccc(-c2cccc(C(F)(F)F)c2)c1O. The Kier molecular flexibility index (Phi) is 2.98. The first-order valence-electron chi connectivity index (χ1n) is 5.22. The maximum atomic E-state index is 12.6. The molecule has 18 heavy (non-hydrogen) atoms. The topological polar surface area (TPSA) is 33.1 Å². The predicted octanol–water partition coefficient (Wildman–Crippen LogP) is 3.78. The highest BCUT2D eigenvalue weighted by molar-refractivity contribution is 5.71. The van der Waals surface area contributed by atoms with Gasteiger partial charge in [-0.25, -0.2) is 0 Å². The maximum Gasteiger partial charge on any atom is 0.416 e. The highest BCUT2D eigenvalue weighted by Gasteiger charge is 2.30. The molecule has 0 aliphatic rings. The average molecular weight is 253 g/mol. The number of rotatable bonds is 1. The van der Waals surface area contributed by atoms with E-state index in [9.17, 15) is 18.3 Å². The largest absolute Gasteiger partial charge is 0.505 e. The van der Waals surface area contributed by atoms with Crippen LogP contribution in [0.25, 0.3) is 11.1 Å². The van der Waals surface area contributed by atoms with Crippen molar-refractivity contribution in [3.63, 3.8) is 0 Å². The molecule has 0 saturated carbocycles. The van der Waals surface area contributed by atoms with Gasteiger partial charge < -0.3 is 5.11 Å². The van der Waals surface area contributed by atoms with Crippen LogP contribution in [0.4, 0.5) is 13.2 Å². The third-order valence-corrected chi connectivity index (χ3v) is 2.61. The molecule has 0 fully saturated rings. The van der Waals surface area contributed by atoms with E-state index in [4.69, 9.17) is 0 Å². The quantitative estimate of drug-likeness (QED) is 0.838. The second kappa shape index (κ2) is 4.33. The number of hydrogen-bond acceptors (Lipinski definition) is 2. The summed E-state index contributed by atoms with van der Waals surface area (Å²) in [6.45, 7) is 1.59. The summed E-state index contributed by atoms with van der Waals surface area (Å²) in [6.07, 6.45) is -2.95. The Morgan fingerprint density at radius 3 is 2.56 bits per heavy atom. The summed E-state index contributed by atoms with van der Waals surface area (Å²) in [4.78, 5) is 3.86. The summed E-state index contributed by atoms with van der Waals surface area (Å²) in [5.74, 6) is -0.100. The molecule has 0 amide bonds. The number of aromatic hydroxyl groups is 1. The molecular weight excluding hydrogens is 243 g/mol. The van der Waals surface area contributed by atoms with Gasteiger partial charge in [0.05, 0.1) is 11.3 Å². The Morgan fingerprint density at radius 2 is 1.89 bits per heavy atom. The molecule has 0 aliphatic carbocycles. The van der Waals surface area contributed by atoms with Crippen LogP contribution in [0.5, 0.6) is 5.75 Å². The van der Waals surface area contributed by atoms with E-state index < -0.39 is 11.7 Å². The number of halogens is 3. The fourth-order valence-electron chi connectivity index (χ4n) is 1.65. The van der Waals surface area contributed by atoms with Crippen LogP contribution in [0.15, 0.2) is 36.5 Å².